The van der Waals surface area contributed by atoms with Crippen molar-refractivity contribution < 1.29 is 17.6 Å². The minimum Gasteiger partial charge on any atom is -0.369 e. The Labute approximate surface area is 216 Å². The summed E-state index contributed by atoms with van der Waals surface area (Å²) in [6.07, 6.45) is -0.921. The highest BCUT2D eigenvalue weighted by molar-refractivity contribution is 7.08. The first-order valence-corrected chi connectivity index (χ1v) is 12.4. The summed E-state index contributed by atoms with van der Waals surface area (Å²) in [6.45, 7) is 3.35. The number of pyridine rings is 2. The van der Waals surface area contributed by atoms with Crippen molar-refractivity contribution in [3.63, 3.8) is 0 Å². The molecular formula is C26H25ClF4N4S. The van der Waals surface area contributed by atoms with Gasteiger partial charge in [0.25, 0.3) is 0 Å². The van der Waals surface area contributed by atoms with E-state index in [1.807, 2.05) is 29.0 Å². The number of nitrogens with one attached hydrogen (secondary N) is 1. The lowest BCUT2D eigenvalue weighted by molar-refractivity contribution is -0.140. The molecule has 0 unspecified atom stereocenters. The third kappa shape index (κ3) is 5.96. The van der Waals surface area contributed by atoms with Crippen molar-refractivity contribution in [1.82, 2.24) is 14.9 Å². The van der Waals surface area contributed by atoms with Crippen LogP contribution in [0.5, 0.6) is 0 Å². The Morgan fingerprint density at radius 1 is 1.03 bits per heavy atom. The van der Waals surface area contributed by atoms with Crippen LogP contribution in [0.25, 0.3) is 22.0 Å². The highest BCUT2D eigenvalue weighted by Gasteiger charge is 2.33. The van der Waals surface area contributed by atoms with Gasteiger partial charge in [0.15, 0.2) is 0 Å². The summed E-state index contributed by atoms with van der Waals surface area (Å²) in [5.74, 6) is 0.747. The van der Waals surface area contributed by atoms with Crippen molar-refractivity contribution in [2.75, 3.05) is 25.0 Å². The minimum atomic E-state index is -4.52. The summed E-state index contributed by atoms with van der Waals surface area (Å²) < 4.78 is 53.2. The molecule has 10 heteroatoms. The van der Waals surface area contributed by atoms with Gasteiger partial charge in [0, 0.05) is 30.2 Å². The molecule has 0 atom stereocenters. The lowest BCUT2D eigenvalue weighted by Crippen LogP contribution is -2.35. The molecule has 0 aliphatic carbocycles. The molecule has 4 nitrogen and oxygen atoms in total. The monoisotopic (exact) mass is 536 g/mol. The van der Waals surface area contributed by atoms with Crippen LogP contribution in [0.3, 0.4) is 0 Å². The van der Waals surface area contributed by atoms with E-state index in [4.69, 9.17) is 0 Å². The van der Waals surface area contributed by atoms with E-state index in [1.165, 1.54) is 29.5 Å². The molecule has 1 aliphatic heterocycles. The van der Waals surface area contributed by atoms with Crippen molar-refractivity contribution in [3.05, 3.63) is 76.5 Å². The summed E-state index contributed by atoms with van der Waals surface area (Å²) in [4.78, 5) is 10.9. The molecule has 36 heavy (non-hydrogen) atoms. The van der Waals surface area contributed by atoms with Gasteiger partial charge in [-0.05, 0) is 84.1 Å². The number of anilines is 1. The molecule has 5 rings (SSSR count). The number of rotatable bonds is 6. The Morgan fingerprint density at radius 3 is 2.44 bits per heavy atom. The van der Waals surface area contributed by atoms with Crippen molar-refractivity contribution in [3.8, 4) is 11.1 Å². The maximum Gasteiger partial charge on any atom is 0.433 e. The van der Waals surface area contributed by atoms with Crippen LogP contribution < -0.4 is 5.32 Å². The number of halogens is 5. The Morgan fingerprint density at radius 2 is 1.78 bits per heavy atom. The van der Waals surface area contributed by atoms with E-state index in [-0.39, 0.29) is 18.2 Å². The van der Waals surface area contributed by atoms with Gasteiger partial charge in [-0.2, -0.15) is 24.5 Å². The van der Waals surface area contributed by atoms with Gasteiger partial charge in [-0.15, -0.1) is 12.4 Å². The zero-order chi connectivity index (χ0) is 24.4. The molecule has 0 saturated carbocycles. The number of hydrogen-bond acceptors (Lipinski definition) is 5. The molecule has 0 amide bonds. The summed E-state index contributed by atoms with van der Waals surface area (Å²) in [5, 5.41) is 7.71. The predicted molar refractivity (Wildman–Crippen MR) is 138 cm³/mol. The number of nitrogens with zero attached hydrogens (tertiary/aromatic N) is 3. The number of aromatic nitrogens is 2. The largest absolute Gasteiger partial charge is 0.433 e. The topological polar surface area (TPSA) is 41.0 Å². The summed E-state index contributed by atoms with van der Waals surface area (Å²) in [7, 11) is 0. The van der Waals surface area contributed by atoms with E-state index in [2.05, 4.69) is 20.2 Å². The molecule has 4 heterocycles. The first-order chi connectivity index (χ1) is 16.9. The summed E-state index contributed by atoms with van der Waals surface area (Å²) in [6, 6.07) is 10.9. The predicted octanol–water partition coefficient (Wildman–Crippen LogP) is 7.26. The molecule has 0 radical (unpaired) electrons. The lowest BCUT2D eigenvalue weighted by atomic mass is 9.96. The molecule has 0 bridgehead atoms. The van der Waals surface area contributed by atoms with Crippen molar-refractivity contribution >= 4 is 40.5 Å². The van der Waals surface area contributed by atoms with Gasteiger partial charge in [-0.1, -0.05) is 12.1 Å². The van der Waals surface area contributed by atoms with E-state index >= 15 is 0 Å². The average molecular weight is 537 g/mol. The SMILES string of the molecule is Cl.Fc1ccc(CN2CCC(CNc3ncc(-c4ccsc4)c4nc(C(F)(F)F)ccc34)CC2)cc1. The van der Waals surface area contributed by atoms with Gasteiger partial charge in [-0.3, -0.25) is 4.90 Å². The summed E-state index contributed by atoms with van der Waals surface area (Å²) in [5.41, 5.74) is 1.87. The zero-order valence-electron chi connectivity index (χ0n) is 19.3. The van der Waals surface area contributed by atoms with Crippen LogP contribution in [0.2, 0.25) is 0 Å². The van der Waals surface area contributed by atoms with Crippen molar-refractivity contribution in [2.45, 2.75) is 25.6 Å². The Kier molecular flexibility index (Phi) is 8.12. The van der Waals surface area contributed by atoms with Crippen LogP contribution in [0, 0.1) is 11.7 Å². The molecular weight excluding hydrogens is 512 g/mol. The highest BCUT2D eigenvalue weighted by atomic mass is 35.5. The molecule has 3 aromatic heterocycles. The number of hydrogen-bond donors (Lipinski definition) is 1. The number of fused-ring (bicyclic) bond motifs is 1. The molecule has 1 aromatic carbocycles. The van der Waals surface area contributed by atoms with Gasteiger partial charge in [0.05, 0.1) is 5.52 Å². The third-order valence-electron chi connectivity index (χ3n) is 6.44. The summed E-state index contributed by atoms with van der Waals surface area (Å²) >= 11 is 1.47. The van der Waals surface area contributed by atoms with E-state index < -0.39 is 11.9 Å². The second-order valence-corrected chi connectivity index (χ2v) is 9.63. The van der Waals surface area contributed by atoms with Crippen LogP contribution in [-0.2, 0) is 12.7 Å². The first-order valence-electron chi connectivity index (χ1n) is 11.5. The Bertz CT molecular complexity index is 1290. The average Bonchev–Trinajstić information content (AvgIpc) is 3.39. The molecule has 0 spiro atoms. The minimum absolute atomic E-state index is 0. The number of piperidine rings is 1. The van der Waals surface area contributed by atoms with Crippen molar-refractivity contribution in [1.29, 1.82) is 0 Å². The molecule has 1 saturated heterocycles. The van der Waals surface area contributed by atoms with Crippen LogP contribution in [0.1, 0.15) is 24.1 Å². The zero-order valence-corrected chi connectivity index (χ0v) is 20.9. The first kappa shape index (κ1) is 26.3. The molecule has 1 aliphatic rings. The van der Waals surface area contributed by atoms with E-state index in [0.29, 0.717) is 34.7 Å². The van der Waals surface area contributed by atoms with E-state index in [0.717, 1.165) is 49.7 Å². The van der Waals surface area contributed by atoms with E-state index in [1.54, 1.807) is 6.20 Å². The standard InChI is InChI=1S/C26H24F4N4S.ClH/c27-20-3-1-18(2-4-20)15-34-10-7-17(8-11-34)13-31-25-21-5-6-23(26(28,29)30)33-24(21)22(14-32-25)19-9-12-35-16-19;/h1-6,9,12,14,16-17H,7-8,10-11,13,15H2,(H,31,32);1H. The van der Waals surface area contributed by atoms with Gasteiger partial charge >= 0.3 is 6.18 Å². The molecule has 1 fully saturated rings. The fourth-order valence-electron chi connectivity index (χ4n) is 4.48. The number of thiophene rings is 1. The van der Waals surface area contributed by atoms with Crippen LogP contribution >= 0.6 is 23.7 Å². The maximum absolute atomic E-state index is 13.4. The second kappa shape index (κ2) is 11.1. The number of benzene rings is 1. The number of alkyl halides is 3. The van der Waals surface area contributed by atoms with Gasteiger partial charge in [-0.25, -0.2) is 14.4 Å². The van der Waals surface area contributed by atoms with Gasteiger partial charge in [0.1, 0.15) is 17.3 Å². The maximum atomic E-state index is 13.4. The second-order valence-electron chi connectivity index (χ2n) is 8.85. The normalized spacial score (nSPS) is 15.1. The van der Waals surface area contributed by atoms with E-state index in [9.17, 15) is 17.6 Å². The Hall–Kier alpha value is -2.75. The Balaban J connectivity index is 0.00000304. The van der Waals surface area contributed by atoms with Gasteiger partial charge in [0.2, 0.25) is 0 Å². The van der Waals surface area contributed by atoms with Crippen LogP contribution in [0.15, 0.2) is 59.4 Å². The molecule has 4 aromatic rings. The highest BCUT2D eigenvalue weighted by Crippen LogP contribution is 2.35. The fourth-order valence-corrected chi connectivity index (χ4v) is 5.14. The molecule has 190 valence electrons. The quantitative estimate of drug-likeness (QED) is 0.263. The smallest absolute Gasteiger partial charge is 0.369 e. The fraction of sp³-hybridized carbons (Fsp3) is 0.308. The third-order valence-corrected chi connectivity index (χ3v) is 7.12. The lowest BCUT2D eigenvalue weighted by Gasteiger charge is -2.32. The van der Waals surface area contributed by atoms with Crippen molar-refractivity contribution in [2.24, 2.45) is 5.92 Å². The van der Waals surface area contributed by atoms with Gasteiger partial charge < -0.3 is 5.32 Å². The molecule has 1 N–H and O–H groups in total. The van der Waals surface area contributed by atoms with Crippen LogP contribution in [0.4, 0.5) is 23.4 Å². The van der Waals surface area contributed by atoms with Crippen LogP contribution in [-0.4, -0.2) is 34.5 Å². The number of likely N-dealkylation sites (tertiary alicyclic amines) is 1.